The molecule has 0 radical (unpaired) electrons. The standard InChI is InChI=1S/C22H32FN/c1-3-22(23)21(16-24)9-5-7-18-6-4-8-19(15-12-18)20-13-10-17(2)11-14-20/h3,5,7,9,17-20H,4,6,8,10-15H2,1-2H3/b7-5+,21-9-,22-3+. The summed E-state index contributed by atoms with van der Waals surface area (Å²) in [4.78, 5) is 0. The van der Waals surface area contributed by atoms with Gasteiger partial charge in [0.15, 0.2) is 0 Å². The summed E-state index contributed by atoms with van der Waals surface area (Å²) >= 11 is 0. The normalized spacial score (nSPS) is 33.2. The van der Waals surface area contributed by atoms with Crippen LogP contribution in [0.5, 0.6) is 0 Å². The number of allylic oxidation sites excluding steroid dienone is 6. The predicted octanol–water partition coefficient (Wildman–Crippen LogP) is 6.89. The number of rotatable bonds is 4. The maximum Gasteiger partial charge on any atom is 0.136 e. The molecule has 24 heavy (non-hydrogen) atoms. The Morgan fingerprint density at radius 2 is 1.67 bits per heavy atom. The fourth-order valence-electron chi connectivity index (χ4n) is 4.41. The average Bonchev–Trinajstić information content (AvgIpc) is 2.84. The molecule has 2 aliphatic carbocycles. The van der Waals surface area contributed by atoms with E-state index in [1.807, 2.05) is 12.1 Å². The largest absolute Gasteiger partial charge is 0.206 e. The highest BCUT2D eigenvalue weighted by atomic mass is 19.1. The van der Waals surface area contributed by atoms with Crippen LogP contribution in [0.1, 0.15) is 71.6 Å². The zero-order valence-electron chi connectivity index (χ0n) is 15.3. The first kappa shape index (κ1) is 19.0. The van der Waals surface area contributed by atoms with Gasteiger partial charge < -0.3 is 0 Å². The summed E-state index contributed by atoms with van der Waals surface area (Å²) in [6.07, 6.45) is 19.2. The van der Waals surface area contributed by atoms with Crippen LogP contribution in [0.25, 0.3) is 0 Å². The van der Waals surface area contributed by atoms with Crippen molar-refractivity contribution in [1.82, 2.24) is 0 Å². The lowest BCUT2D eigenvalue weighted by Crippen LogP contribution is -2.20. The monoisotopic (exact) mass is 329 g/mol. The van der Waals surface area contributed by atoms with Gasteiger partial charge in [-0.3, -0.25) is 0 Å². The molecule has 0 aliphatic heterocycles. The second kappa shape index (κ2) is 9.82. The van der Waals surface area contributed by atoms with Gasteiger partial charge in [0.25, 0.3) is 0 Å². The third kappa shape index (κ3) is 5.62. The Labute approximate surface area is 147 Å². The van der Waals surface area contributed by atoms with Crippen LogP contribution in [0.3, 0.4) is 0 Å². The van der Waals surface area contributed by atoms with Crippen molar-refractivity contribution < 1.29 is 4.39 Å². The van der Waals surface area contributed by atoms with Gasteiger partial charge in [-0.15, -0.1) is 0 Å². The smallest absolute Gasteiger partial charge is 0.136 e. The van der Waals surface area contributed by atoms with Gasteiger partial charge in [0.1, 0.15) is 11.9 Å². The lowest BCUT2D eigenvalue weighted by atomic mass is 9.74. The highest BCUT2D eigenvalue weighted by Gasteiger charge is 2.27. The second-order valence-electron chi connectivity index (χ2n) is 7.76. The molecule has 2 unspecified atom stereocenters. The molecule has 0 heterocycles. The SMILES string of the molecule is C\C=C(F)/C(C#N)=C\C=C\C1CCCC(C2CCC(C)CC2)CC1. The molecule has 2 saturated carbocycles. The zero-order valence-corrected chi connectivity index (χ0v) is 15.3. The first-order chi connectivity index (χ1) is 11.6. The molecule has 0 bridgehead atoms. The fourth-order valence-corrected chi connectivity index (χ4v) is 4.41. The molecule has 0 aromatic heterocycles. The number of hydrogen-bond donors (Lipinski definition) is 0. The van der Waals surface area contributed by atoms with E-state index in [1.165, 1.54) is 63.9 Å². The molecule has 0 aromatic carbocycles. The molecule has 0 aromatic rings. The van der Waals surface area contributed by atoms with Crippen molar-refractivity contribution in [2.45, 2.75) is 71.6 Å². The van der Waals surface area contributed by atoms with Gasteiger partial charge in [0.05, 0.1) is 5.57 Å². The summed E-state index contributed by atoms with van der Waals surface area (Å²) in [6.45, 7) is 4.01. The lowest BCUT2D eigenvalue weighted by Gasteiger charge is -2.32. The van der Waals surface area contributed by atoms with Crippen molar-refractivity contribution in [2.75, 3.05) is 0 Å². The van der Waals surface area contributed by atoms with Gasteiger partial charge >= 0.3 is 0 Å². The third-order valence-electron chi connectivity index (χ3n) is 6.06. The number of halogens is 1. The van der Waals surface area contributed by atoms with Crippen LogP contribution in [0.15, 0.2) is 35.7 Å². The second-order valence-corrected chi connectivity index (χ2v) is 7.76. The van der Waals surface area contributed by atoms with E-state index in [4.69, 9.17) is 5.26 Å². The molecule has 2 fully saturated rings. The minimum absolute atomic E-state index is 0.122. The van der Waals surface area contributed by atoms with Crippen LogP contribution in [-0.4, -0.2) is 0 Å². The van der Waals surface area contributed by atoms with Crippen molar-refractivity contribution >= 4 is 0 Å². The van der Waals surface area contributed by atoms with Gasteiger partial charge in [0, 0.05) is 0 Å². The molecule has 1 nitrogen and oxygen atoms in total. The van der Waals surface area contributed by atoms with Crippen LogP contribution >= 0.6 is 0 Å². The molecule has 0 N–H and O–H groups in total. The van der Waals surface area contributed by atoms with Crippen LogP contribution in [0.2, 0.25) is 0 Å². The van der Waals surface area contributed by atoms with Gasteiger partial charge in [-0.05, 0) is 68.8 Å². The summed E-state index contributed by atoms with van der Waals surface area (Å²) in [5.74, 6) is 2.96. The zero-order chi connectivity index (χ0) is 17.4. The molecular weight excluding hydrogens is 297 g/mol. The molecule has 0 amide bonds. The maximum atomic E-state index is 13.4. The molecule has 132 valence electrons. The minimum Gasteiger partial charge on any atom is -0.206 e. The van der Waals surface area contributed by atoms with Crippen molar-refractivity contribution in [3.05, 3.63) is 35.7 Å². The van der Waals surface area contributed by atoms with E-state index in [-0.39, 0.29) is 5.57 Å². The van der Waals surface area contributed by atoms with Crippen LogP contribution < -0.4 is 0 Å². The van der Waals surface area contributed by atoms with Gasteiger partial charge in [-0.2, -0.15) is 5.26 Å². The lowest BCUT2D eigenvalue weighted by molar-refractivity contribution is 0.195. The number of nitrogens with zero attached hydrogens (tertiary/aromatic N) is 1. The predicted molar refractivity (Wildman–Crippen MR) is 98.9 cm³/mol. The van der Waals surface area contributed by atoms with E-state index in [9.17, 15) is 4.39 Å². The van der Waals surface area contributed by atoms with Gasteiger partial charge in [0.2, 0.25) is 0 Å². The Hall–Kier alpha value is -1.36. The summed E-state index contributed by atoms with van der Waals surface area (Å²) < 4.78 is 13.4. The van der Waals surface area contributed by atoms with Crippen molar-refractivity contribution in [1.29, 1.82) is 5.26 Å². The van der Waals surface area contributed by atoms with Crippen LogP contribution in [0, 0.1) is 35.0 Å². The third-order valence-corrected chi connectivity index (χ3v) is 6.06. The summed E-state index contributed by atoms with van der Waals surface area (Å²) in [5, 5.41) is 8.97. The topological polar surface area (TPSA) is 23.8 Å². The Morgan fingerprint density at radius 3 is 2.33 bits per heavy atom. The number of hydrogen-bond acceptors (Lipinski definition) is 1. The Kier molecular flexibility index (Phi) is 7.76. The average molecular weight is 330 g/mol. The van der Waals surface area contributed by atoms with Crippen LogP contribution in [0.4, 0.5) is 4.39 Å². The van der Waals surface area contributed by atoms with Crippen molar-refractivity contribution in [3.8, 4) is 6.07 Å². The molecule has 2 aliphatic rings. The minimum atomic E-state index is -0.436. The van der Waals surface area contributed by atoms with E-state index in [0.717, 1.165) is 17.8 Å². The van der Waals surface area contributed by atoms with E-state index < -0.39 is 5.83 Å². The molecule has 0 saturated heterocycles. The molecule has 2 rings (SSSR count). The first-order valence-corrected chi connectivity index (χ1v) is 9.74. The fraction of sp³-hybridized carbons (Fsp3) is 0.682. The molecule has 2 atom stereocenters. The quantitative estimate of drug-likeness (QED) is 0.313. The summed E-state index contributed by atoms with van der Waals surface area (Å²) in [6, 6.07) is 1.92. The van der Waals surface area contributed by atoms with E-state index in [1.54, 1.807) is 13.0 Å². The summed E-state index contributed by atoms with van der Waals surface area (Å²) in [5.41, 5.74) is 0.122. The molecular formula is C22H32FN. The maximum absolute atomic E-state index is 13.4. The van der Waals surface area contributed by atoms with E-state index in [0.29, 0.717) is 5.92 Å². The van der Waals surface area contributed by atoms with Gasteiger partial charge in [-0.25, -0.2) is 4.39 Å². The molecule has 0 spiro atoms. The van der Waals surface area contributed by atoms with Crippen molar-refractivity contribution in [3.63, 3.8) is 0 Å². The molecule has 2 heteroatoms. The Balaban J connectivity index is 1.86. The Bertz CT molecular complexity index is 515. The number of nitriles is 1. The first-order valence-electron chi connectivity index (χ1n) is 9.74. The van der Waals surface area contributed by atoms with Crippen LogP contribution in [-0.2, 0) is 0 Å². The highest BCUT2D eigenvalue weighted by molar-refractivity contribution is 5.40. The van der Waals surface area contributed by atoms with Gasteiger partial charge in [-0.1, -0.05) is 50.8 Å². The van der Waals surface area contributed by atoms with E-state index in [2.05, 4.69) is 13.0 Å². The summed E-state index contributed by atoms with van der Waals surface area (Å²) in [7, 11) is 0. The Morgan fingerprint density at radius 1 is 1.00 bits per heavy atom. The highest BCUT2D eigenvalue weighted by Crippen LogP contribution is 2.40. The van der Waals surface area contributed by atoms with Crippen molar-refractivity contribution in [2.24, 2.45) is 23.7 Å². The van der Waals surface area contributed by atoms with E-state index >= 15 is 0 Å².